The Bertz CT molecular complexity index is 1330. The predicted molar refractivity (Wildman–Crippen MR) is 129 cm³/mol. The van der Waals surface area contributed by atoms with Gasteiger partial charge in [0.25, 0.3) is 5.56 Å². The van der Waals surface area contributed by atoms with Crippen LogP contribution in [0.15, 0.2) is 82.7 Å². The average molecular weight is 466 g/mol. The van der Waals surface area contributed by atoms with E-state index in [9.17, 15) is 9.59 Å². The minimum Gasteiger partial charge on any atom is -0.495 e. The van der Waals surface area contributed by atoms with E-state index in [1.807, 2.05) is 42.5 Å². The summed E-state index contributed by atoms with van der Waals surface area (Å²) in [5.41, 5.74) is 1.92. The number of anilines is 1. The van der Waals surface area contributed by atoms with E-state index in [1.54, 1.807) is 34.9 Å². The molecule has 32 heavy (non-hydrogen) atoms. The second kappa shape index (κ2) is 9.89. The van der Waals surface area contributed by atoms with Gasteiger partial charge >= 0.3 is 0 Å². The molecule has 8 heteroatoms. The third-order valence-electron chi connectivity index (χ3n) is 4.78. The summed E-state index contributed by atoms with van der Waals surface area (Å²) in [5.74, 6) is 0.316. The van der Waals surface area contributed by atoms with Crippen LogP contribution in [-0.2, 0) is 11.3 Å². The molecule has 0 spiro atoms. The molecular weight excluding hydrogens is 446 g/mol. The molecule has 1 heterocycles. The SMILES string of the molecule is COc1ccc(Cl)cc1NC(=O)CSc1nc2ccccc2c(=O)n1Cc1ccccc1. The predicted octanol–water partition coefficient (Wildman–Crippen LogP) is 4.84. The van der Waals surface area contributed by atoms with Crippen LogP contribution in [0.5, 0.6) is 5.75 Å². The number of methoxy groups -OCH3 is 1. The van der Waals surface area contributed by atoms with E-state index in [2.05, 4.69) is 10.3 Å². The molecule has 6 nitrogen and oxygen atoms in total. The number of halogens is 1. The lowest BCUT2D eigenvalue weighted by molar-refractivity contribution is -0.113. The van der Waals surface area contributed by atoms with Gasteiger partial charge in [-0.1, -0.05) is 65.8 Å². The van der Waals surface area contributed by atoms with Crippen molar-refractivity contribution in [3.8, 4) is 5.75 Å². The molecule has 3 aromatic carbocycles. The number of ether oxygens (including phenoxy) is 1. The van der Waals surface area contributed by atoms with Crippen LogP contribution in [0.1, 0.15) is 5.56 Å². The van der Waals surface area contributed by atoms with Crippen molar-refractivity contribution in [1.29, 1.82) is 0 Å². The van der Waals surface area contributed by atoms with Gasteiger partial charge in [0.15, 0.2) is 5.16 Å². The summed E-state index contributed by atoms with van der Waals surface area (Å²) >= 11 is 7.25. The number of carbonyl (C=O) groups is 1. The Hall–Kier alpha value is -3.29. The van der Waals surface area contributed by atoms with Gasteiger partial charge in [0.2, 0.25) is 5.91 Å². The maximum Gasteiger partial charge on any atom is 0.262 e. The third-order valence-corrected chi connectivity index (χ3v) is 5.99. The zero-order valence-corrected chi connectivity index (χ0v) is 18.8. The van der Waals surface area contributed by atoms with Crippen LogP contribution in [0, 0.1) is 0 Å². The van der Waals surface area contributed by atoms with Crippen LogP contribution in [0.2, 0.25) is 5.02 Å². The molecule has 1 N–H and O–H groups in total. The second-order valence-corrected chi connectivity index (χ2v) is 8.35. The van der Waals surface area contributed by atoms with Crippen LogP contribution in [-0.4, -0.2) is 28.3 Å². The zero-order chi connectivity index (χ0) is 22.5. The van der Waals surface area contributed by atoms with Crippen LogP contribution in [0.3, 0.4) is 0 Å². The maximum absolute atomic E-state index is 13.2. The summed E-state index contributed by atoms with van der Waals surface area (Å²) in [6, 6.07) is 21.9. The van der Waals surface area contributed by atoms with Gasteiger partial charge in [-0.25, -0.2) is 4.98 Å². The van der Waals surface area contributed by atoms with Crippen molar-refractivity contribution in [3.63, 3.8) is 0 Å². The molecule has 0 bridgehead atoms. The Morgan fingerprint density at radius 1 is 1.09 bits per heavy atom. The average Bonchev–Trinajstić information content (AvgIpc) is 2.81. The Morgan fingerprint density at radius 2 is 1.84 bits per heavy atom. The quantitative estimate of drug-likeness (QED) is 0.312. The van der Waals surface area contributed by atoms with E-state index in [4.69, 9.17) is 16.3 Å². The first-order chi connectivity index (χ1) is 15.5. The van der Waals surface area contributed by atoms with Crippen molar-refractivity contribution in [3.05, 3.63) is 93.7 Å². The lowest BCUT2D eigenvalue weighted by atomic mass is 10.2. The minimum atomic E-state index is -0.260. The molecule has 0 atom stereocenters. The topological polar surface area (TPSA) is 73.2 Å². The Balaban J connectivity index is 1.60. The molecule has 0 aliphatic rings. The molecule has 0 aliphatic heterocycles. The van der Waals surface area contributed by atoms with Crippen LogP contribution in [0.25, 0.3) is 10.9 Å². The standard InChI is InChI=1S/C24H20ClN3O3S/c1-31-21-12-11-17(25)13-20(21)26-22(29)15-32-24-27-19-10-6-5-9-18(19)23(30)28(24)14-16-7-3-2-4-8-16/h2-13H,14-15H2,1H3,(H,26,29). The number of benzene rings is 3. The molecule has 1 amide bonds. The molecule has 0 saturated carbocycles. The molecule has 0 aliphatic carbocycles. The third kappa shape index (κ3) is 4.95. The lowest BCUT2D eigenvalue weighted by Gasteiger charge is -2.14. The summed E-state index contributed by atoms with van der Waals surface area (Å²) in [7, 11) is 1.52. The molecule has 0 saturated heterocycles. The maximum atomic E-state index is 13.2. The number of hydrogen-bond donors (Lipinski definition) is 1. The number of rotatable bonds is 7. The number of amides is 1. The van der Waals surface area contributed by atoms with E-state index in [0.717, 1.165) is 5.56 Å². The van der Waals surface area contributed by atoms with E-state index in [-0.39, 0.29) is 17.2 Å². The zero-order valence-electron chi connectivity index (χ0n) is 17.2. The molecule has 4 aromatic rings. The summed E-state index contributed by atoms with van der Waals surface area (Å²) < 4.78 is 6.88. The van der Waals surface area contributed by atoms with Gasteiger partial charge in [-0.3, -0.25) is 14.2 Å². The van der Waals surface area contributed by atoms with Crippen molar-refractivity contribution in [2.45, 2.75) is 11.7 Å². The van der Waals surface area contributed by atoms with E-state index >= 15 is 0 Å². The van der Waals surface area contributed by atoms with Gasteiger partial charge in [0.05, 0.1) is 36.0 Å². The number of nitrogens with one attached hydrogen (secondary N) is 1. The first kappa shape index (κ1) is 21.9. The highest BCUT2D eigenvalue weighted by Crippen LogP contribution is 2.28. The van der Waals surface area contributed by atoms with Crippen molar-refractivity contribution in [2.24, 2.45) is 0 Å². The number of aromatic nitrogens is 2. The van der Waals surface area contributed by atoms with Crippen LogP contribution in [0.4, 0.5) is 5.69 Å². The van der Waals surface area contributed by atoms with Gasteiger partial charge < -0.3 is 10.1 Å². The molecule has 0 fully saturated rings. The molecule has 162 valence electrons. The van der Waals surface area contributed by atoms with E-state index < -0.39 is 0 Å². The normalized spacial score (nSPS) is 10.8. The summed E-state index contributed by atoms with van der Waals surface area (Å²) in [4.78, 5) is 30.5. The molecule has 4 rings (SSSR count). The van der Waals surface area contributed by atoms with Gasteiger partial charge in [0, 0.05) is 5.02 Å². The number of carbonyl (C=O) groups excluding carboxylic acids is 1. The second-order valence-electron chi connectivity index (χ2n) is 6.97. The Labute approximate surface area is 194 Å². The fourth-order valence-electron chi connectivity index (χ4n) is 3.26. The summed E-state index contributed by atoms with van der Waals surface area (Å²) in [6.07, 6.45) is 0. The number of hydrogen-bond acceptors (Lipinski definition) is 5. The Morgan fingerprint density at radius 3 is 2.62 bits per heavy atom. The van der Waals surface area contributed by atoms with Gasteiger partial charge in [-0.2, -0.15) is 0 Å². The lowest BCUT2D eigenvalue weighted by Crippen LogP contribution is -2.25. The first-order valence-corrected chi connectivity index (χ1v) is 11.2. The van der Waals surface area contributed by atoms with Gasteiger partial charge in [-0.15, -0.1) is 0 Å². The van der Waals surface area contributed by atoms with Gasteiger partial charge in [-0.05, 0) is 35.9 Å². The van der Waals surface area contributed by atoms with Crippen LogP contribution < -0.4 is 15.6 Å². The molecule has 0 unspecified atom stereocenters. The van der Waals surface area contributed by atoms with Crippen molar-refractivity contribution < 1.29 is 9.53 Å². The fourth-order valence-corrected chi connectivity index (χ4v) is 4.23. The van der Waals surface area contributed by atoms with Crippen LogP contribution >= 0.6 is 23.4 Å². The highest BCUT2D eigenvalue weighted by atomic mass is 35.5. The summed E-state index contributed by atoms with van der Waals surface area (Å²) in [5, 5.41) is 4.32. The highest BCUT2D eigenvalue weighted by Gasteiger charge is 2.15. The monoisotopic (exact) mass is 465 g/mol. The molecular formula is C24H20ClN3O3S. The van der Waals surface area contributed by atoms with Crippen molar-refractivity contribution in [1.82, 2.24) is 9.55 Å². The largest absolute Gasteiger partial charge is 0.495 e. The van der Waals surface area contributed by atoms with E-state index in [1.165, 1.54) is 18.9 Å². The van der Waals surface area contributed by atoms with E-state index in [0.29, 0.717) is 39.1 Å². The number of para-hydroxylation sites is 1. The fraction of sp³-hybridized carbons (Fsp3) is 0.125. The smallest absolute Gasteiger partial charge is 0.262 e. The number of nitrogens with zero attached hydrogens (tertiary/aromatic N) is 2. The first-order valence-electron chi connectivity index (χ1n) is 9.85. The number of thioether (sulfide) groups is 1. The van der Waals surface area contributed by atoms with Gasteiger partial charge in [0.1, 0.15) is 5.75 Å². The minimum absolute atomic E-state index is 0.0647. The molecule has 0 radical (unpaired) electrons. The number of fused-ring (bicyclic) bond motifs is 1. The Kier molecular flexibility index (Phi) is 6.78. The van der Waals surface area contributed by atoms with Crippen molar-refractivity contribution in [2.75, 3.05) is 18.2 Å². The molecule has 1 aromatic heterocycles. The summed E-state index contributed by atoms with van der Waals surface area (Å²) in [6.45, 7) is 0.365. The van der Waals surface area contributed by atoms with Crippen molar-refractivity contribution >= 4 is 45.9 Å². The highest BCUT2D eigenvalue weighted by molar-refractivity contribution is 7.99.